The summed E-state index contributed by atoms with van der Waals surface area (Å²) in [6.07, 6.45) is -4.53. The Hall–Kier alpha value is -1.65. The summed E-state index contributed by atoms with van der Waals surface area (Å²) >= 11 is 0. The molecule has 0 spiro atoms. The fraction of sp³-hybridized carbons (Fsp3) is 0.500. The first-order chi connectivity index (χ1) is 9.93. The van der Waals surface area contributed by atoms with Crippen LogP contribution in [-0.4, -0.2) is 31.1 Å². The second kappa shape index (κ2) is 6.41. The van der Waals surface area contributed by atoms with Crippen LogP contribution in [0, 0.1) is 17.1 Å². The normalized spacial score (nSPS) is 18.2. The van der Waals surface area contributed by atoms with E-state index in [1.807, 2.05) is 11.0 Å². The van der Waals surface area contributed by atoms with Crippen LogP contribution in [0.1, 0.15) is 23.6 Å². The zero-order chi connectivity index (χ0) is 15.5. The number of nitriles is 1. The average molecular weight is 301 g/mol. The molecule has 1 aromatic carbocycles. The van der Waals surface area contributed by atoms with Crippen molar-refractivity contribution in [2.75, 3.05) is 26.2 Å². The summed E-state index contributed by atoms with van der Waals surface area (Å²) in [6.45, 7) is 2.69. The monoisotopic (exact) mass is 301 g/mol. The van der Waals surface area contributed by atoms with Crippen molar-refractivity contribution >= 4 is 0 Å². The zero-order valence-corrected chi connectivity index (χ0v) is 11.3. The molecule has 0 radical (unpaired) electrons. The summed E-state index contributed by atoms with van der Waals surface area (Å²) in [5, 5.41) is 12.0. The molecule has 1 heterocycles. The predicted molar refractivity (Wildman–Crippen MR) is 68.8 cm³/mol. The van der Waals surface area contributed by atoms with Gasteiger partial charge in [-0.25, -0.2) is 4.39 Å². The van der Waals surface area contributed by atoms with Gasteiger partial charge in [-0.15, -0.1) is 0 Å². The SMILES string of the molecule is N#CC[C@H](c1ccc(C(F)(F)F)cc1F)N1CCNCC1. The highest BCUT2D eigenvalue weighted by Crippen LogP contribution is 2.33. The summed E-state index contributed by atoms with van der Waals surface area (Å²) in [7, 11) is 0. The Kier molecular flexibility index (Phi) is 4.80. The highest BCUT2D eigenvalue weighted by atomic mass is 19.4. The van der Waals surface area contributed by atoms with Crippen LogP contribution in [0.2, 0.25) is 0 Å². The fourth-order valence-corrected chi connectivity index (χ4v) is 2.49. The van der Waals surface area contributed by atoms with Gasteiger partial charge in [0, 0.05) is 31.7 Å². The first kappa shape index (κ1) is 15.7. The predicted octanol–water partition coefficient (Wildman–Crippen LogP) is 2.70. The minimum absolute atomic E-state index is 0.0439. The van der Waals surface area contributed by atoms with Crippen LogP contribution < -0.4 is 5.32 Å². The van der Waals surface area contributed by atoms with E-state index in [1.54, 1.807) is 0 Å². The van der Waals surface area contributed by atoms with E-state index in [0.717, 1.165) is 12.1 Å². The molecule has 1 N–H and O–H groups in total. The molecule has 3 nitrogen and oxygen atoms in total. The maximum atomic E-state index is 14.1. The summed E-state index contributed by atoms with van der Waals surface area (Å²) in [5.41, 5.74) is -0.869. The third kappa shape index (κ3) is 3.71. The van der Waals surface area contributed by atoms with Gasteiger partial charge in [-0.05, 0) is 12.1 Å². The number of rotatable bonds is 3. The third-order valence-corrected chi connectivity index (χ3v) is 3.56. The number of hydrogen-bond acceptors (Lipinski definition) is 3. The van der Waals surface area contributed by atoms with Gasteiger partial charge in [0.25, 0.3) is 0 Å². The number of nitrogens with zero attached hydrogens (tertiary/aromatic N) is 2. The van der Waals surface area contributed by atoms with Crippen LogP contribution in [0.4, 0.5) is 17.6 Å². The Morgan fingerprint density at radius 1 is 1.29 bits per heavy atom. The molecule has 1 aliphatic rings. The summed E-state index contributed by atoms with van der Waals surface area (Å²) in [4.78, 5) is 1.92. The van der Waals surface area contributed by atoms with Crippen molar-refractivity contribution in [1.29, 1.82) is 5.26 Å². The van der Waals surface area contributed by atoms with Crippen LogP contribution in [0.5, 0.6) is 0 Å². The summed E-state index contributed by atoms with van der Waals surface area (Å²) in [6, 6.07) is 3.98. The van der Waals surface area contributed by atoms with Crippen molar-refractivity contribution in [3.05, 3.63) is 35.1 Å². The van der Waals surface area contributed by atoms with Crippen LogP contribution >= 0.6 is 0 Å². The lowest BCUT2D eigenvalue weighted by Crippen LogP contribution is -2.45. The molecule has 7 heteroatoms. The standard InChI is InChI=1S/C14H15F4N3/c15-12-9-10(14(16,17)18)1-2-11(12)13(3-4-19)21-7-5-20-6-8-21/h1-2,9,13,20H,3,5-8H2/t13-/m1/s1. The van der Waals surface area contributed by atoms with Gasteiger partial charge in [0.05, 0.1) is 24.1 Å². The Morgan fingerprint density at radius 3 is 2.48 bits per heavy atom. The molecule has 1 aliphatic heterocycles. The van der Waals surface area contributed by atoms with Gasteiger partial charge in [-0.3, -0.25) is 4.90 Å². The highest BCUT2D eigenvalue weighted by molar-refractivity contribution is 5.29. The smallest absolute Gasteiger partial charge is 0.314 e. The molecule has 1 fully saturated rings. The van der Waals surface area contributed by atoms with E-state index >= 15 is 0 Å². The van der Waals surface area contributed by atoms with E-state index in [0.29, 0.717) is 32.2 Å². The lowest BCUT2D eigenvalue weighted by atomic mass is 9.99. The van der Waals surface area contributed by atoms with Gasteiger partial charge in [0.2, 0.25) is 0 Å². The number of hydrogen-bond donors (Lipinski definition) is 1. The largest absolute Gasteiger partial charge is 0.416 e. The van der Waals surface area contributed by atoms with Gasteiger partial charge in [0.1, 0.15) is 5.82 Å². The van der Waals surface area contributed by atoms with E-state index < -0.39 is 23.6 Å². The molecule has 1 atom stereocenters. The van der Waals surface area contributed by atoms with Crippen molar-refractivity contribution in [2.45, 2.75) is 18.6 Å². The number of piperazine rings is 1. The van der Waals surface area contributed by atoms with E-state index in [4.69, 9.17) is 5.26 Å². The van der Waals surface area contributed by atoms with Crippen molar-refractivity contribution in [3.63, 3.8) is 0 Å². The van der Waals surface area contributed by atoms with Crippen LogP contribution in [0.3, 0.4) is 0 Å². The van der Waals surface area contributed by atoms with Gasteiger partial charge in [-0.2, -0.15) is 18.4 Å². The summed E-state index contributed by atoms with van der Waals surface area (Å²) < 4.78 is 51.8. The quantitative estimate of drug-likeness (QED) is 0.873. The maximum absolute atomic E-state index is 14.1. The molecule has 1 saturated heterocycles. The van der Waals surface area contributed by atoms with Gasteiger partial charge < -0.3 is 5.32 Å². The average Bonchev–Trinajstić information content (AvgIpc) is 2.45. The molecule has 0 aromatic heterocycles. The van der Waals surface area contributed by atoms with Gasteiger partial charge >= 0.3 is 6.18 Å². The minimum atomic E-state index is -4.57. The second-order valence-electron chi connectivity index (χ2n) is 4.90. The van der Waals surface area contributed by atoms with Crippen molar-refractivity contribution in [2.24, 2.45) is 0 Å². The van der Waals surface area contributed by atoms with E-state index in [-0.39, 0.29) is 12.0 Å². The molecule has 2 rings (SSSR count). The first-order valence-corrected chi connectivity index (χ1v) is 6.62. The summed E-state index contributed by atoms with van der Waals surface area (Å²) in [5.74, 6) is -0.913. The van der Waals surface area contributed by atoms with Crippen molar-refractivity contribution in [3.8, 4) is 6.07 Å². The van der Waals surface area contributed by atoms with Crippen molar-refractivity contribution in [1.82, 2.24) is 10.2 Å². The molecular weight excluding hydrogens is 286 g/mol. The Labute approximate surface area is 120 Å². The highest BCUT2D eigenvalue weighted by Gasteiger charge is 2.32. The maximum Gasteiger partial charge on any atom is 0.416 e. The topological polar surface area (TPSA) is 39.1 Å². The molecular formula is C14H15F4N3. The lowest BCUT2D eigenvalue weighted by Gasteiger charge is -2.34. The number of halogens is 4. The van der Waals surface area contributed by atoms with E-state index in [2.05, 4.69) is 5.32 Å². The molecule has 114 valence electrons. The lowest BCUT2D eigenvalue weighted by molar-refractivity contribution is -0.137. The van der Waals surface area contributed by atoms with Crippen LogP contribution in [0.25, 0.3) is 0 Å². The Bertz CT molecular complexity index is 530. The van der Waals surface area contributed by atoms with Gasteiger partial charge in [-0.1, -0.05) is 6.07 Å². The van der Waals surface area contributed by atoms with Crippen LogP contribution in [-0.2, 0) is 6.18 Å². The molecule has 0 aliphatic carbocycles. The van der Waals surface area contributed by atoms with Gasteiger partial charge in [0.15, 0.2) is 0 Å². The zero-order valence-electron chi connectivity index (χ0n) is 11.3. The molecule has 0 amide bonds. The molecule has 0 bridgehead atoms. The number of nitrogens with one attached hydrogen (secondary N) is 1. The Morgan fingerprint density at radius 2 is 1.95 bits per heavy atom. The second-order valence-corrected chi connectivity index (χ2v) is 4.90. The van der Waals surface area contributed by atoms with E-state index in [1.165, 1.54) is 0 Å². The molecule has 21 heavy (non-hydrogen) atoms. The number of benzene rings is 1. The third-order valence-electron chi connectivity index (χ3n) is 3.56. The molecule has 0 saturated carbocycles. The van der Waals surface area contributed by atoms with Crippen LogP contribution in [0.15, 0.2) is 18.2 Å². The molecule has 1 aromatic rings. The Balaban J connectivity index is 2.30. The minimum Gasteiger partial charge on any atom is -0.314 e. The fourth-order valence-electron chi connectivity index (χ4n) is 2.49. The van der Waals surface area contributed by atoms with E-state index in [9.17, 15) is 17.6 Å². The first-order valence-electron chi connectivity index (χ1n) is 6.62. The molecule has 0 unspecified atom stereocenters. The van der Waals surface area contributed by atoms with Crippen molar-refractivity contribution < 1.29 is 17.6 Å². The number of alkyl halides is 3.